The van der Waals surface area contributed by atoms with Gasteiger partial charge in [0, 0.05) is 12.1 Å². The van der Waals surface area contributed by atoms with Crippen molar-refractivity contribution in [2.75, 3.05) is 0 Å². The van der Waals surface area contributed by atoms with Crippen molar-refractivity contribution in [1.29, 1.82) is 0 Å². The molecule has 3 aromatic rings. The zero-order valence-corrected chi connectivity index (χ0v) is 13.7. The van der Waals surface area contributed by atoms with Crippen LogP contribution in [0.1, 0.15) is 22.6 Å². The lowest BCUT2D eigenvalue weighted by atomic mass is 10.1. The van der Waals surface area contributed by atoms with E-state index in [2.05, 4.69) is 13.2 Å². The number of ether oxygens (including phenoxy) is 2. The molecule has 0 unspecified atom stereocenters. The average Bonchev–Trinajstić information content (AvgIpc) is 3.21. The molecule has 2 aromatic heterocycles. The molecule has 0 radical (unpaired) electrons. The Morgan fingerprint density at radius 1 is 0.750 bits per heavy atom. The zero-order valence-electron chi connectivity index (χ0n) is 13.7. The molecule has 0 aliphatic heterocycles. The second-order valence-electron chi connectivity index (χ2n) is 5.31. The molecule has 2 heterocycles. The quantitative estimate of drug-likeness (QED) is 0.529. The van der Waals surface area contributed by atoms with E-state index < -0.39 is 0 Å². The highest BCUT2D eigenvalue weighted by Crippen LogP contribution is 2.34. The number of benzene rings is 1. The molecule has 0 amide bonds. The Balaban J connectivity index is 1.82. The van der Waals surface area contributed by atoms with Crippen molar-refractivity contribution in [2.45, 2.75) is 13.8 Å². The number of hydrogen-bond acceptors (Lipinski definition) is 4. The minimum atomic E-state index is 0.419. The Bertz CT molecular complexity index is 809. The van der Waals surface area contributed by atoms with E-state index in [0.717, 1.165) is 11.1 Å². The summed E-state index contributed by atoms with van der Waals surface area (Å²) in [5.41, 5.74) is 1.84. The van der Waals surface area contributed by atoms with Crippen molar-refractivity contribution >= 4 is 12.2 Å². The molecular formula is C20H18O4. The molecular weight excluding hydrogens is 304 g/mol. The summed E-state index contributed by atoms with van der Waals surface area (Å²) in [6, 6.07) is 10.9. The summed E-state index contributed by atoms with van der Waals surface area (Å²) in [5.74, 6) is 3.57. The highest BCUT2D eigenvalue weighted by Gasteiger charge is 2.11. The van der Waals surface area contributed by atoms with Gasteiger partial charge in [-0.25, -0.2) is 0 Å². The van der Waals surface area contributed by atoms with E-state index in [1.807, 2.05) is 26.0 Å². The van der Waals surface area contributed by atoms with Gasteiger partial charge < -0.3 is 18.3 Å². The summed E-state index contributed by atoms with van der Waals surface area (Å²) in [4.78, 5) is 0. The number of furan rings is 2. The predicted octanol–water partition coefficient (Wildman–Crippen LogP) is 6.36. The van der Waals surface area contributed by atoms with Crippen molar-refractivity contribution in [2.24, 2.45) is 0 Å². The Morgan fingerprint density at radius 2 is 1.17 bits per heavy atom. The second-order valence-corrected chi connectivity index (χ2v) is 5.31. The first-order valence-electron chi connectivity index (χ1n) is 7.50. The van der Waals surface area contributed by atoms with Gasteiger partial charge in [0.2, 0.25) is 0 Å². The molecule has 1 aromatic carbocycles. The van der Waals surface area contributed by atoms with E-state index in [0.29, 0.717) is 34.9 Å². The lowest BCUT2D eigenvalue weighted by molar-refractivity contribution is 0.334. The van der Waals surface area contributed by atoms with Gasteiger partial charge in [0.05, 0.1) is 0 Å². The Morgan fingerprint density at radius 3 is 1.50 bits per heavy atom. The van der Waals surface area contributed by atoms with Crippen LogP contribution in [0.15, 0.2) is 58.4 Å². The van der Waals surface area contributed by atoms with Gasteiger partial charge in [-0.1, -0.05) is 13.2 Å². The summed E-state index contributed by atoms with van der Waals surface area (Å²) in [6.07, 6.45) is 3.26. The monoisotopic (exact) mass is 322 g/mol. The molecule has 4 heteroatoms. The molecule has 4 nitrogen and oxygen atoms in total. The van der Waals surface area contributed by atoms with E-state index in [1.165, 1.54) is 0 Å². The predicted molar refractivity (Wildman–Crippen MR) is 93.7 cm³/mol. The zero-order chi connectivity index (χ0) is 17.1. The number of hydrogen-bond donors (Lipinski definition) is 0. The molecule has 0 fully saturated rings. The summed E-state index contributed by atoms with van der Waals surface area (Å²) < 4.78 is 22.5. The standard InChI is InChI=1S/C20H18O4/c1-5-15-7-9-19(21-15)23-17-11-14(4)18(12-13(17)3)24-20-10-8-16(6-2)22-20/h5-12H,1-2H2,3-4H3. The smallest absolute Gasteiger partial charge is 0.290 e. The van der Waals surface area contributed by atoms with E-state index >= 15 is 0 Å². The Labute approximate surface area is 140 Å². The fourth-order valence-electron chi connectivity index (χ4n) is 2.20. The summed E-state index contributed by atoms with van der Waals surface area (Å²) in [5, 5.41) is 0. The van der Waals surface area contributed by atoms with Crippen LogP contribution < -0.4 is 9.47 Å². The molecule has 0 N–H and O–H groups in total. The molecule has 122 valence electrons. The van der Waals surface area contributed by atoms with Crippen LogP contribution in [0.2, 0.25) is 0 Å². The van der Waals surface area contributed by atoms with Crippen molar-refractivity contribution < 1.29 is 18.3 Å². The van der Waals surface area contributed by atoms with Crippen LogP contribution in [0.5, 0.6) is 23.4 Å². The van der Waals surface area contributed by atoms with Crippen LogP contribution in [0.3, 0.4) is 0 Å². The molecule has 0 bridgehead atoms. The van der Waals surface area contributed by atoms with Crippen molar-refractivity contribution in [3.63, 3.8) is 0 Å². The van der Waals surface area contributed by atoms with Gasteiger partial charge in [0.25, 0.3) is 11.9 Å². The fraction of sp³-hybridized carbons (Fsp3) is 0.100. The van der Waals surface area contributed by atoms with Gasteiger partial charge in [-0.05, 0) is 61.4 Å². The van der Waals surface area contributed by atoms with Crippen LogP contribution >= 0.6 is 0 Å². The van der Waals surface area contributed by atoms with Crippen LogP contribution in [-0.4, -0.2) is 0 Å². The summed E-state index contributed by atoms with van der Waals surface area (Å²) >= 11 is 0. The molecule has 24 heavy (non-hydrogen) atoms. The maximum Gasteiger partial charge on any atom is 0.290 e. The Kier molecular flexibility index (Phi) is 4.29. The average molecular weight is 322 g/mol. The normalized spacial score (nSPS) is 10.4. The van der Waals surface area contributed by atoms with Gasteiger partial charge >= 0.3 is 0 Å². The van der Waals surface area contributed by atoms with Gasteiger partial charge in [-0.3, -0.25) is 0 Å². The van der Waals surface area contributed by atoms with Crippen molar-refractivity contribution in [3.05, 3.63) is 72.2 Å². The molecule has 0 aliphatic carbocycles. The van der Waals surface area contributed by atoms with Gasteiger partial charge in [-0.2, -0.15) is 0 Å². The third kappa shape index (κ3) is 3.27. The van der Waals surface area contributed by atoms with Crippen molar-refractivity contribution in [3.8, 4) is 23.4 Å². The number of aryl methyl sites for hydroxylation is 2. The van der Waals surface area contributed by atoms with Gasteiger partial charge in [-0.15, -0.1) is 0 Å². The maximum absolute atomic E-state index is 5.79. The third-order valence-electron chi connectivity index (χ3n) is 3.50. The SMILES string of the molecule is C=Cc1ccc(Oc2cc(C)c(Oc3ccc(C=C)o3)cc2C)o1. The summed E-state index contributed by atoms with van der Waals surface area (Å²) in [6.45, 7) is 11.2. The van der Waals surface area contributed by atoms with Crippen LogP contribution in [0.25, 0.3) is 12.2 Å². The molecule has 3 rings (SSSR count). The van der Waals surface area contributed by atoms with Crippen LogP contribution in [-0.2, 0) is 0 Å². The highest BCUT2D eigenvalue weighted by molar-refractivity contribution is 5.48. The lowest BCUT2D eigenvalue weighted by Crippen LogP contribution is -1.92. The molecule has 0 aliphatic rings. The minimum Gasteiger partial charge on any atom is -0.426 e. The molecule has 0 saturated carbocycles. The minimum absolute atomic E-state index is 0.419. The topological polar surface area (TPSA) is 44.7 Å². The molecule has 0 atom stereocenters. The second kappa shape index (κ2) is 6.54. The fourth-order valence-corrected chi connectivity index (χ4v) is 2.20. The first-order valence-corrected chi connectivity index (χ1v) is 7.50. The van der Waals surface area contributed by atoms with Crippen molar-refractivity contribution in [1.82, 2.24) is 0 Å². The van der Waals surface area contributed by atoms with E-state index in [1.54, 1.807) is 36.4 Å². The maximum atomic E-state index is 5.79. The third-order valence-corrected chi connectivity index (χ3v) is 3.50. The highest BCUT2D eigenvalue weighted by atomic mass is 16.6. The molecule has 0 spiro atoms. The molecule has 0 saturated heterocycles. The Hall–Kier alpha value is -3.14. The largest absolute Gasteiger partial charge is 0.426 e. The van der Waals surface area contributed by atoms with Gasteiger partial charge in [0.1, 0.15) is 23.0 Å². The lowest BCUT2D eigenvalue weighted by Gasteiger charge is -2.11. The van der Waals surface area contributed by atoms with Gasteiger partial charge in [0.15, 0.2) is 0 Å². The summed E-state index contributed by atoms with van der Waals surface area (Å²) in [7, 11) is 0. The van der Waals surface area contributed by atoms with Crippen LogP contribution in [0, 0.1) is 13.8 Å². The van der Waals surface area contributed by atoms with E-state index in [9.17, 15) is 0 Å². The van der Waals surface area contributed by atoms with E-state index in [4.69, 9.17) is 18.3 Å². The van der Waals surface area contributed by atoms with Crippen LogP contribution in [0.4, 0.5) is 0 Å². The first-order chi connectivity index (χ1) is 11.6. The number of rotatable bonds is 6. The first kappa shape index (κ1) is 15.7. The van der Waals surface area contributed by atoms with E-state index in [-0.39, 0.29) is 0 Å².